The summed E-state index contributed by atoms with van der Waals surface area (Å²) in [6.45, 7) is 8.38. The van der Waals surface area contributed by atoms with E-state index in [4.69, 9.17) is 9.84 Å². The summed E-state index contributed by atoms with van der Waals surface area (Å²) in [5.74, 6) is 0.905. The fourth-order valence-corrected chi connectivity index (χ4v) is 1.73. The Hall–Kier alpha value is -0.830. The van der Waals surface area contributed by atoms with Crippen LogP contribution in [0.1, 0.15) is 40.5 Å². The number of hydrogen-bond donors (Lipinski definition) is 1. The molecule has 100 valence electrons. The summed E-state index contributed by atoms with van der Waals surface area (Å²) in [7, 11) is 0. The second-order valence-corrected chi connectivity index (χ2v) is 4.77. The Morgan fingerprint density at radius 1 is 1.41 bits per heavy atom. The van der Waals surface area contributed by atoms with Crippen molar-refractivity contribution >= 4 is 5.97 Å². The normalized spacial score (nSPS) is 16.8. The number of allylic oxidation sites excluding steroid dienone is 1. The molecule has 0 saturated carbocycles. The third-order valence-electron chi connectivity index (χ3n) is 3.07. The zero-order valence-corrected chi connectivity index (χ0v) is 11.5. The highest BCUT2D eigenvalue weighted by Gasteiger charge is 2.15. The number of aliphatic hydroxyl groups excluding tert-OH is 1. The largest absolute Gasteiger partial charge is 0.466 e. The fraction of sp³-hybridized carbons (Fsp3) is 0.786. The molecule has 0 amide bonds. The van der Waals surface area contributed by atoms with Gasteiger partial charge in [-0.1, -0.05) is 39.3 Å². The molecule has 0 aliphatic rings. The Kier molecular flexibility index (Phi) is 8.78. The molecule has 0 fully saturated rings. The van der Waals surface area contributed by atoms with Crippen molar-refractivity contribution in [2.45, 2.75) is 40.5 Å². The molecule has 3 nitrogen and oxygen atoms in total. The van der Waals surface area contributed by atoms with E-state index in [1.165, 1.54) is 6.92 Å². The van der Waals surface area contributed by atoms with Gasteiger partial charge >= 0.3 is 5.97 Å². The molecule has 17 heavy (non-hydrogen) atoms. The molecule has 0 saturated heterocycles. The van der Waals surface area contributed by atoms with E-state index >= 15 is 0 Å². The molecule has 0 aromatic carbocycles. The van der Waals surface area contributed by atoms with E-state index in [0.717, 1.165) is 12.8 Å². The van der Waals surface area contributed by atoms with Crippen LogP contribution in [0.4, 0.5) is 0 Å². The van der Waals surface area contributed by atoms with Gasteiger partial charge in [0.25, 0.3) is 0 Å². The quantitative estimate of drug-likeness (QED) is 0.526. The van der Waals surface area contributed by atoms with Crippen LogP contribution in [-0.2, 0) is 9.53 Å². The minimum atomic E-state index is -0.212. The molecule has 0 aliphatic heterocycles. The predicted octanol–water partition coefficient (Wildman–Crippen LogP) is 2.79. The van der Waals surface area contributed by atoms with Crippen molar-refractivity contribution in [3.05, 3.63) is 12.2 Å². The molecule has 0 heterocycles. The summed E-state index contributed by atoms with van der Waals surface area (Å²) >= 11 is 0. The van der Waals surface area contributed by atoms with E-state index in [1.54, 1.807) is 0 Å². The summed E-state index contributed by atoms with van der Waals surface area (Å²) in [5.41, 5.74) is 0. The van der Waals surface area contributed by atoms with Crippen molar-refractivity contribution in [3.63, 3.8) is 0 Å². The van der Waals surface area contributed by atoms with E-state index in [1.807, 2.05) is 13.0 Å². The highest BCUT2D eigenvalue weighted by Crippen LogP contribution is 2.20. The van der Waals surface area contributed by atoms with Crippen molar-refractivity contribution in [3.8, 4) is 0 Å². The molecule has 1 N–H and O–H groups in total. The lowest BCUT2D eigenvalue weighted by Gasteiger charge is -2.21. The molecular formula is C14H26O3. The number of esters is 1. The lowest BCUT2D eigenvalue weighted by molar-refractivity contribution is -0.142. The number of ether oxygens (including phenoxy) is 1. The van der Waals surface area contributed by atoms with Gasteiger partial charge in [-0.2, -0.15) is 0 Å². The third kappa shape index (κ3) is 7.97. The summed E-state index contributed by atoms with van der Waals surface area (Å²) < 4.78 is 5.03. The molecule has 0 bridgehead atoms. The second kappa shape index (κ2) is 9.23. The summed E-state index contributed by atoms with van der Waals surface area (Å²) in [6.07, 6.45) is 6.21. The molecule has 0 radical (unpaired) electrons. The first-order valence-corrected chi connectivity index (χ1v) is 6.42. The number of hydrogen-bond acceptors (Lipinski definition) is 3. The first-order valence-electron chi connectivity index (χ1n) is 6.42. The van der Waals surface area contributed by atoms with Crippen molar-refractivity contribution in [1.29, 1.82) is 0 Å². The van der Waals surface area contributed by atoms with E-state index in [2.05, 4.69) is 19.9 Å². The maximum atomic E-state index is 10.7. The number of carbonyl (C=O) groups is 1. The average Bonchev–Trinajstić information content (AvgIpc) is 2.31. The van der Waals surface area contributed by atoms with Crippen molar-refractivity contribution in [2.24, 2.45) is 17.8 Å². The van der Waals surface area contributed by atoms with Gasteiger partial charge in [-0.15, -0.1) is 0 Å². The van der Waals surface area contributed by atoms with Crippen LogP contribution in [0.15, 0.2) is 12.2 Å². The average molecular weight is 242 g/mol. The Bertz CT molecular complexity index is 236. The highest BCUT2D eigenvalue weighted by atomic mass is 16.5. The number of aliphatic hydroxyl groups is 1. The maximum Gasteiger partial charge on any atom is 0.302 e. The predicted molar refractivity (Wildman–Crippen MR) is 69.6 cm³/mol. The van der Waals surface area contributed by atoms with E-state index in [0.29, 0.717) is 18.4 Å². The molecule has 0 rings (SSSR count). The van der Waals surface area contributed by atoms with Gasteiger partial charge in [-0.05, 0) is 24.2 Å². The Labute approximate surface area is 105 Å². The minimum Gasteiger partial charge on any atom is -0.466 e. The third-order valence-corrected chi connectivity index (χ3v) is 3.07. The smallest absolute Gasteiger partial charge is 0.302 e. The maximum absolute atomic E-state index is 10.7. The Balaban J connectivity index is 4.04. The van der Waals surface area contributed by atoms with Crippen LogP contribution < -0.4 is 0 Å². The highest BCUT2D eigenvalue weighted by molar-refractivity contribution is 5.65. The van der Waals surface area contributed by atoms with Crippen molar-refractivity contribution in [2.75, 3.05) is 13.2 Å². The van der Waals surface area contributed by atoms with Crippen molar-refractivity contribution < 1.29 is 14.6 Å². The van der Waals surface area contributed by atoms with Crippen LogP contribution in [0.3, 0.4) is 0 Å². The topological polar surface area (TPSA) is 46.5 Å². The van der Waals surface area contributed by atoms with Gasteiger partial charge in [0.2, 0.25) is 0 Å². The molecule has 0 aromatic heterocycles. The van der Waals surface area contributed by atoms with E-state index in [9.17, 15) is 4.79 Å². The first kappa shape index (κ1) is 16.2. The van der Waals surface area contributed by atoms with Crippen LogP contribution in [0.25, 0.3) is 0 Å². The molecule has 3 atom stereocenters. The van der Waals surface area contributed by atoms with Crippen molar-refractivity contribution in [1.82, 2.24) is 0 Å². The molecule has 3 heteroatoms. The van der Waals surface area contributed by atoms with E-state index < -0.39 is 0 Å². The van der Waals surface area contributed by atoms with Gasteiger partial charge in [0.1, 0.15) is 0 Å². The standard InChI is InChI=1S/C14H26O3/c1-5-14(8-6-7-11(2)9-15)12(3)10-17-13(4)16/h6-7,11-12,14-15H,5,8-10H2,1-4H3/b7-6-/t11-,12-,14-/m0/s1. The number of carbonyl (C=O) groups excluding carboxylic acids is 1. The minimum absolute atomic E-state index is 0.191. The van der Waals surface area contributed by atoms with Gasteiger partial charge in [0, 0.05) is 13.5 Å². The molecule has 0 aromatic rings. The van der Waals surface area contributed by atoms with Crippen LogP contribution in [0, 0.1) is 17.8 Å². The van der Waals surface area contributed by atoms with Gasteiger partial charge in [-0.25, -0.2) is 0 Å². The van der Waals surface area contributed by atoms with Crippen LogP contribution in [0.2, 0.25) is 0 Å². The second-order valence-electron chi connectivity index (χ2n) is 4.77. The van der Waals surface area contributed by atoms with Gasteiger partial charge in [-0.3, -0.25) is 4.79 Å². The summed E-state index contributed by atoms with van der Waals surface area (Å²) in [6, 6.07) is 0. The summed E-state index contributed by atoms with van der Waals surface area (Å²) in [5, 5.41) is 8.90. The van der Waals surface area contributed by atoms with Crippen LogP contribution in [0.5, 0.6) is 0 Å². The summed E-state index contributed by atoms with van der Waals surface area (Å²) in [4.78, 5) is 10.7. The fourth-order valence-electron chi connectivity index (χ4n) is 1.73. The first-order chi connectivity index (χ1) is 8.01. The SMILES string of the molecule is CC[C@@H](C/C=C\[C@H](C)CO)[C@@H](C)COC(C)=O. The molecule has 0 aliphatic carbocycles. The number of rotatable bonds is 8. The molecule has 0 spiro atoms. The van der Waals surface area contributed by atoms with Gasteiger partial charge in [0.05, 0.1) is 6.61 Å². The lowest BCUT2D eigenvalue weighted by Crippen LogP contribution is -2.18. The Morgan fingerprint density at radius 2 is 2.06 bits per heavy atom. The zero-order valence-electron chi connectivity index (χ0n) is 11.5. The molecule has 0 unspecified atom stereocenters. The van der Waals surface area contributed by atoms with Gasteiger partial charge < -0.3 is 9.84 Å². The van der Waals surface area contributed by atoms with Gasteiger partial charge in [0.15, 0.2) is 0 Å². The molecular weight excluding hydrogens is 216 g/mol. The zero-order chi connectivity index (χ0) is 13.3. The monoisotopic (exact) mass is 242 g/mol. The van der Waals surface area contributed by atoms with Crippen LogP contribution in [-0.4, -0.2) is 24.3 Å². The van der Waals surface area contributed by atoms with E-state index in [-0.39, 0.29) is 18.5 Å². The lowest BCUT2D eigenvalue weighted by atomic mass is 9.89. The van der Waals surface area contributed by atoms with Crippen LogP contribution >= 0.6 is 0 Å². The Morgan fingerprint density at radius 3 is 2.53 bits per heavy atom.